The largest absolute Gasteiger partial charge is 0.477 e. The van der Waals surface area contributed by atoms with Gasteiger partial charge in [0.2, 0.25) is 0 Å². The molecule has 0 saturated heterocycles. The van der Waals surface area contributed by atoms with E-state index in [1.54, 1.807) is 6.07 Å². The first-order chi connectivity index (χ1) is 5.09. The minimum Gasteiger partial charge on any atom is -0.477 e. The van der Waals surface area contributed by atoms with E-state index in [0.717, 1.165) is 0 Å². The number of carbonyl (C=O) groups is 1. The minimum absolute atomic E-state index is 0.0191. The molecule has 0 aliphatic heterocycles. The van der Waals surface area contributed by atoms with Crippen molar-refractivity contribution in [1.82, 2.24) is 4.98 Å². The molecule has 3 N–H and O–H groups in total. The molecule has 1 aromatic rings. The average Bonchev–Trinajstić information content (AvgIpc) is 1.85. The topological polar surface area (TPSA) is 76.2 Å². The fourth-order valence-corrected chi connectivity index (χ4v) is 1.25. The summed E-state index contributed by atoms with van der Waals surface area (Å²) in [6.07, 6.45) is 0. The van der Waals surface area contributed by atoms with Crippen LogP contribution in [0, 0.1) is 3.70 Å². The molecule has 0 bridgehead atoms. The average molecular weight is 264 g/mol. The number of nitrogen functional groups attached to an aromatic ring is 1. The Kier molecular flexibility index (Phi) is 2.28. The van der Waals surface area contributed by atoms with Gasteiger partial charge in [0, 0.05) is 5.69 Å². The zero-order chi connectivity index (χ0) is 8.43. The number of carboxylic acids is 1. The van der Waals surface area contributed by atoms with Crippen molar-refractivity contribution in [3.8, 4) is 0 Å². The number of hydrogen-bond acceptors (Lipinski definition) is 3. The quantitative estimate of drug-likeness (QED) is 0.585. The number of hydrogen-bond donors (Lipinski definition) is 2. The van der Waals surface area contributed by atoms with E-state index in [9.17, 15) is 4.79 Å². The number of aromatic nitrogens is 1. The van der Waals surface area contributed by atoms with Gasteiger partial charge in [0.05, 0.1) is 0 Å². The molecule has 1 aromatic heterocycles. The maximum absolute atomic E-state index is 10.4. The van der Waals surface area contributed by atoms with Gasteiger partial charge in [0.1, 0.15) is 3.70 Å². The van der Waals surface area contributed by atoms with Crippen LogP contribution in [0.25, 0.3) is 0 Å². The van der Waals surface area contributed by atoms with Gasteiger partial charge < -0.3 is 10.8 Å². The molecule has 11 heavy (non-hydrogen) atoms. The molecule has 5 heteroatoms. The van der Waals surface area contributed by atoms with Crippen LogP contribution in [-0.2, 0) is 0 Å². The lowest BCUT2D eigenvalue weighted by molar-refractivity contribution is 0.0690. The number of pyridine rings is 1. The molecular weight excluding hydrogens is 259 g/mol. The number of anilines is 1. The lowest BCUT2D eigenvalue weighted by atomic mass is 10.3. The predicted octanol–water partition coefficient (Wildman–Crippen LogP) is 0.967. The Labute approximate surface area is 76.6 Å². The molecule has 0 atom stereocenters. The first kappa shape index (κ1) is 8.25. The van der Waals surface area contributed by atoms with Crippen molar-refractivity contribution in [3.05, 3.63) is 21.5 Å². The van der Waals surface area contributed by atoms with E-state index in [1.165, 1.54) is 6.07 Å². The SMILES string of the molecule is Nc1cc(I)nc(C(=O)O)c1. The Bertz CT molecular complexity index is 280. The standard InChI is InChI=1S/C6H5IN2O2/c7-5-2-3(8)1-4(9-5)6(10)11/h1-2H,(H2,8,9)(H,10,11). The molecule has 4 nitrogen and oxygen atoms in total. The molecular formula is C6H5IN2O2. The first-order valence-electron chi connectivity index (χ1n) is 2.76. The van der Waals surface area contributed by atoms with Crippen LogP contribution in [-0.4, -0.2) is 16.1 Å². The van der Waals surface area contributed by atoms with Gasteiger partial charge in [-0.05, 0) is 34.7 Å². The smallest absolute Gasteiger partial charge is 0.354 e. The Morgan fingerprint density at radius 2 is 2.27 bits per heavy atom. The lowest BCUT2D eigenvalue weighted by Gasteiger charge is -1.96. The predicted molar refractivity (Wildman–Crippen MR) is 48.3 cm³/mol. The van der Waals surface area contributed by atoms with Crippen LogP contribution in [0.4, 0.5) is 5.69 Å². The van der Waals surface area contributed by atoms with Crippen molar-refractivity contribution in [2.75, 3.05) is 5.73 Å². The van der Waals surface area contributed by atoms with Crippen LogP contribution in [0.3, 0.4) is 0 Å². The van der Waals surface area contributed by atoms with Gasteiger partial charge in [-0.15, -0.1) is 0 Å². The minimum atomic E-state index is -1.06. The molecule has 0 spiro atoms. The van der Waals surface area contributed by atoms with Gasteiger partial charge in [-0.1, -0.05) is 0 Å². The molecule has 0 amide bonds. The van der Waals surface area contributed by atoms with Gasteiger partial charge in [-0.2, -0.15) is 0 Å². The molecule has 1 rings (SSSR count). The molecule has 0 radical (unpaired) electrons. The second-order valence-electron chi connectivity index (χ2n) is 1.91. The summed E-state index contributed by atoms with van der Waals surface area (Å²) in [6, 6.07) is 2.93. The van der Waals surface area contributed by atoms with E-state index in [0.29, 0.717) is 9.39 Å². The van der Waals surface area contributed by atoms with E-state index < -0.39 is 5.97 Å². The number of carboxylic acid groups (broad SMARTS) is 1. The summed E-state index contributed by atoms with van der Waals surface area (Å²) in [5.41, 5.74) is 5.79. The summed E-state index contributed by atoms with van der Waals surface area (Å²) in [5.74, 6) is -1.06. The molecule has 0 fully saturated rings. The number of nitrogens with zero attached hydrogens (tertiary/aromatic N) is 1. The lowest BCUT2D eigenvalue weighted by Crippen LogP contribution is -2.02. The molecule has 58 valence electrons. The Morgan fingerprint density at radius 1 is 1.64 bits per heavy atom. The van der Waals surface area contributed by atoms with Crippen molar-refractivity contribution in [1.29, 1.82) is 0 Å². The second-order valence-corrected chi connectivity index (χ2v) is 3.02. The number of nitrogens with two attached hydrogens (primary N) is 1. The highest BCUT2D eigenvalue weighted by atomic mass is 127. The van der Waals surface area contributed by atoms with Crippen molar-refractivity contribution >= 4 is 34.2 Å². The van der Waals surface area contributed by atoms with Crippen LogP contribution >= 0.6 is 22.6 Å². The molecule has 0 aliphatic carbocycles. The summed E-state index contributed by atoms with van der Waals surface area (Å²) < 4.78 is 0.583. The van der Waals surface area contributed by atoms with Crippen LogP contribution in [0.1, 0.15) is 10.5 Å². The molecule has 0 saturated carbocycles. The number of halogens is 1. The molecule has 1 heterocycles. The van der Waals surface area contributed by atoms with E-state index in [-0.39, 0.29) is 5.69 Å². The highest BCUT2D eigenvalue weighted by molar-refractivity contribution is 14.1. The van der Waals surface area contributed by atoms with Crippen molar-refractivity contribution in [3.63, 3.8) is 0 Å². The van der Waals surface area contributed by atoms with Crippen LogP contribution in [0.15, 0.2) is 12.1 Å². The first-order valence-corrected chi connectivity index (χ1v) is 3.84. The van der Waals surface area contributed by atoms with Gasteiger partial charge >= 0.3 is 5.97 Å². The van der Waals surface area contributed by atoms with E-state index in [4.69, 9.17) is 10.8 Å². The van der Waals surface area contributed by atoms with Gasteiger partial charge in [0.15, 0.2) is 5.69 Å². The van der Waals surface area contributed by atoms with Crippen LogP contribution < -0.4 is 5.73 Å². The fourth-order valence-electron chi connectivity index (χ4n) is 0.626. The van der Waals surface area contributed by atoms with Gasteiger partial charge in [0.25, 0.3) is 0 Å². The third-order valence-corrected chi connectivity index (χ3v) is 1.59. The third-order valence-electron chi connectivity index (χ3n) is 1.04. The molecule has 0 aromatic carbocycles. The Morgan fingerprint density at radius 3 is 2.73 bits per heavy atom. The van der Waals surface area contributed by atoms with Crippen LogP contribution in [0.2, 0.25) is 0 Å². The fraction of sp³-hybridized carbons (Fsp3) is 0. The zero-order valence-corrected chi connectivity index (χ0v) is 7.57. The second kappa shape index (κ2) is 3.04. The monoisotopic (exact) mass is 264 g/mol. The summed E-state index contributed by atoms with van der Waals surface area (Å²) in [5, 5.41) is 8.51. The highest BCUT2D eigenvalue weighted by Gasteiger charge is 2.05. The van der Waals surface area contributed by atoms with E-state index in [1.807, 2.05) is 22.6 Å². The summed E-state index contributed by atoms with van der Waals surface area (Å²) >= 11 is 1.91. The Hall–Kier alpha value is -0.850. The van der Waals surface area contributed by atoms with Crippen molar-refractivity contribution in [2.45, 2.75) is 0 Å². The summed E-state index contributed by atoms with van der Waals surface area (Å²) in [7, 11) is 0. The van der Waals surface area contributed by atoms with Crippen LogP contribution in [0.5, 0.6) is 0 Å². The maximum atomic E-state index is 10.4. The summed E-state index contributed by atoms with van der Waals surface area (Å²) in [6.45, 7) is 0. The maximum Gasteiger partial charge on any atom is 0.354 e. The normalized spacial score (nSPS) is 9.55. The number of aromatic carboxylic acids is 1. The van der Waals surface area contributed by atoms with E-state index >= 15 is 0 Å². The van der Waals surface area contributed by atoms with Gasteiger partial charge in [-0.3, -0.25) is 0 Å². The molecule has 0 unspecified atom stereocenters. The highest BCUT2D eigenvalue weighted by Crippen LogP contribution is 2.09. The Balaban J connectivity index is 3.19. The summed E-state index contributed by atoms with van der Waals surface area (Å²) in [4.78, 5) is 14.1. The van der Waals surface area contributed by atoms with E-state index in [2.05, 4.69) is 4.98 Å². The molecule has 0 aliphatic rings. The third kappa shape index (κ3) is 2.04. The number of rotatable bonds is 1. The van der Waals surface area contributed by atoms with Gasteiger partial charge in [-0.25, -0.2) is 9.78 Å². The van der Waals surface area contributed by atoms with Crippen molar-refractivity contribution in [2.24, 2.45) is 0 Å². The van der Waals surface area contributed by atoms with Crippen molar-refractivity contribution < 1.29 is 9.90 Å². The zero-order valence-electron chi connectivity index (χ0n) is 5.41.